The average Bonchev–Trinajstić information content (AvgIpc) is 2.76. The summed E-state index contributed by atoms with van der Waals surface area (Å²) in [7, 11) is -0.763. The lowest BCUT2D eigenvalue weighted by atomic mass is 10.1. The van der Waals surface area contributed by atoms with Crippen LogP contribution in [0.15, 0.2) is 48.5 Å². The molecule has 1 atom stereocenters. The molecule has 0 fully saturated rings. The first-order chi connectivity index (χ1) is 13.8. The van der Waals surface area contributed by atoms with E-state index >= 15 is 0 Å². The van der Waals surface area contributed by atoms with Crippen molar-refractivity contribution in [3.8, 4) is 5.75 Å². The zero-order chi connectivity index (χ0) is 21.2. The molecular formula is C20H22N2O6S. The number of anilines is 2. The third-order valence-corrected chi connectivity index (χ3v) is 6.50. The molecule has 0 bridgehead atoms. The number of para-hydroxylation sites is 2. The summed E-state index contributed by atoms with van der Waals surface area (Å²) in [4.78, 5) is 26.7. The molecule has 0 saturated carbocycles. The number of rotatable bonds is 5. The number of carbonyl (C=O) groups excluding carboxylic acids is 2. The number of hydrogen-bond acceptors (Lipinski definition) is 6. The van der Waals surface area contributed by atoms with Gasteiger partial charge in [-0.2, -0.15) is 0 Å². The molecule has 0 radical (unpaired) electrons. The van der Waals surface area contributed by atoms with E-state index in [2.05, 4.69) is 0 Å². The van der Waals surface area contributed by atoms with E-state index in [1.54, 1.807) is 49.4 Å². The maximum absolute atomic E-state index is 13.3. The minimum atomic E-state index is -3.46. The van der Waals surface area contributed by atoms with Crippen molar-refractivity contribution in [1.29, 1.82) is 0 Å². The van der Waals surface area contributed by atoms with Crippen LogP contribution >= 0.6 is 0 Å². The number of hydrogen-bond donors (Lipinski definition) is 0. The van der Waals surface area contributed by atoms with Gasteiger partial charge in [-0.3, -0.25) is 9.10 Å². The summed E-state index contributed by atoms with van der Waals surface area (Å²) in [6.07, 6.45) is -0.954. The molecule has 1 aliphatic rings. The van der Waals surface area contributed by atoms with Crippen LogP contribution in [0.25, 0.3) is 0 Å². The summed E-state index contributed by atoms with van der Waals surface area (Å²) in [5.74, 6) is -0.623. The number of benzene rings is 2. The van der Waals surface area contributed by atoms with E-state index in [0.29, 0.717) is 22.7 Å². The van der Waals surface area contributed by atoms with Crippen molar-refractivity contribution >= 4 is 33.3 Å². The zero-order valence-corrected chi connectivity index (χ0v) is 17.2. The Hall–Kier alpha value is -3.07. The molecule has 1 heterocycles. The second-order valence-electron chi connectivity index (χ2n) is 6.43. The summed E-state index contributed by atoms with van der Waals surface area (Å²) >= 11 is 0. The molecule has 0 saturated heterocycles. The SMILES string of the molecule is CCS(=O)(=O)N(C)c1cccc(C(=O)N2C[C@@H](C(=O)OC)Oc3ccccc32)c1. The summed E-state index contributed by atoms with van der Waals surface area (Å²) in [5, 5.41) is 0. The van der Waals surface area contributed by atoms with Gasteiger partial charge in [-0.15, -0.1) is 0 Å². The number of sulfonamides is 1. The molecule has 0 spiro atoms. The van der Waals surface area contributed by atoms with Gasteiger partial charge in [0.2, 0.25) is 16.1 Å². The average molecular weight is 418 g/mol. The van der Waals surface area contributed by atoms with Gasteiger partial charge in [0, 0.05) is 12.6 Å². The second-order valence-corrected chi connectivity index (χ2v) is 8.72. The highest BCUT2D eigenvalue weighted by Gasteiger charge is 2.35. The molecule has 9 heteroatoms. The van der Waals surface area contributed by atoms with Crippen LogP contribution in [0.5, 0.6) is 5.75 Å². The topological polar surface area (TPSA) is 93.2 Å². The Morgan fingerprint density at radius 1 is 1.21 bits per heavy atom. The summed E-state index contributed by atoms with van der Waals surface area (Å²) in [6.45, 7) is 1.54. The molecule has 1 amide bonds. The number of esters is 1. The van der Waals surface area contributed by atoms with E-state index in [1.807, 2.05) is 0 Å². The van der Waals surface area contributed by atoms with Crippen molar-refractivity contribution in [2.45, 2.75) is 13.0 Å². The molecule has 1 aliphatic heterocycles. The van der Waals surface area contributed by atoms with Crippen molar-refractivity contribution < 1.29 is 27.5 Å². The predicted molar refractivity (Wildman–Crippen MR) is 109 cm³/mol. The van der Waals surface area contributed by atoms with E-state index in [1.165, 1.54) is 25.1 Å². The first-order valence-corrected chi connectivity index (χ1v) is 10.6. The van der Waals surface area contributed by atoms with Crippen LogP contribution in [-0.2, 0) is 19.6 Å². The van der Waals surface area contributed by atoms with Crippen LogP contribution in [0.3, 0.4) is 0 Å². The highest BCUT2D eigenvalue weighted by Crippen LogP contribution is 2.34. The van der Waals surface area contributed by atoms with Gasteiger partial charge in [0.1, 0.15) is 5.75 Å². The molecule has 3 rings (SSSR count). The fourth-order valence-corrected chi connectivity index (χ4v) is 3.85. The van der Waals surface area contributed by atoms with Crippen molar-refractivity contribution in [3.05, 3.63) is 54.1 Å². The van der Waals surface area contributed by atoms with Crippen LogP contribution in [0.1, 0.15) is 17.3 Å². The summed E-state index contributed by atoms with van der Waals surface area (Å²) < 4.78 is 35.9. The van der Waals surface area contributed by atoms with Crippen molar-refractivity contribution in [2.24, 2.45) is 0 Å². The lowest BCUT2D eigenvalue weighted by molar-refractivity contribution is -0.148. The molecule has 2 aromatic rings. The number of carbonyl (C=O) groups is 2. The Morgan fingerprint density at radius 2 is 1.93 bits per heavy atom. The summed E-state index contributed by atoms with van der Waals surface area (Å²) in [5.41, 5.74) is 1.20. The minimum Gasteiger partial charge on any atom is -0.475 e. The molecule has 8 nitrogen and oxygen atoms in total. The quantitative estimate of drug-likeness (QED) is 0.690. The van der Waals surface area contributed by atoms with Crippen molar-refractivity contribution in [3.63, 3.8) is 0 Å². The lowest BCUT2D eigenvalue weighted by Gasteiger charge is -2.33. The first kappa shape index (κ1) is 20.7. The van der Waals surface area contributed by atoms with E-state index in [4.69, 9.17) is 9.47 Å². The molecule has 0 unspecified atom stereocenters. The van der Waals surface area contributed by atoms with Crippen LogP contribution in [0.4, 0.5) is 11.4 Å². The number of amides is 1. The van der Waals surface area contributed by atoms with Gasteiger partial charge in [-0.1, -0.05) is 18.2 Å². The predicted octanol–water partition coefficient (Wildman–Crippen LogP) is 2.05. The highest BCUT2D eigenvalue weighted by atomic mass is 32.2. The minimum absolute atomic E-state index is 0.0180. The summed E-state index contributed by atoms with van der Waals surface area (Å²) in [6, 6.07) is 13.2. The van der Waals surface area contributed by atoms with E-state index < -0.39 is 22.1 Å². The first-order valence-electron chi connectivity index (χ1n) is 9.00. The third-order valence-electron chi connectivity index (χ3n) is 4.72. The van der Waals surface area contributed by atoms with E-state index in [-0.39, 0.29) is 18.2 Å². The number of ether oxygens (including phenoxy) is 2. The highest BCUT2D eigenvalue weighted by molar-refractivity contribution is 7.92. The van der Waals surface area contributed by atoms with Gasteiger partial charge < -0.3 is 14.4 Å². The largest absolute Gasteiger partial charge is 0.475 e. The molecule has 29 heavy (non-hydrogen) atoms. The normalized spacial score (nSPS) is 15.8. The zero-order valence-electron chi connectivity index (χ0n) is 16.4. The number of nitrogens with zero attached hydrogens (tertiary/aromatic N) is 2. The smallest absolute Gasteiger partial charge is 0.348 e. The van der Waals surface area contributed by atoms with E-state index in [0.717, 1.165) is 4.31 Å². The fourth-order valence-electron chi connectivity index (χ4n) is 3.03. The van der Waals surface area contributed by atoms with Crippen LogP contribution < -0.4 is 13.9 Å². The maximum atomic E-state index is 13.3. The Bertz CT molecular complexity index is 1040. The molecular weight excluding hydrogens is 396 g/mol. The third kappa shape index (κ3) is 4.04. The number of fused-ring (bicyclic) bond motifs is 1. The van der Waals surface area contributed by atoms with Crippen molar-refractivity contribution in [2.75, 3.05) is 35.7 Å². The van der Waals surface area contributed by atoms with Gasteiger partial charge in [0.05, 0.1) is 30.8 Å². The van der Waals surface area contributed by atoms with Crippen LogP contribution in [-0.4, -0.2) is 52.9 Å². The molecule has 0 aromatic heterocycles. The van der Waals surface area contributed by atoms with Gasteiger partial charge in [-0.25, -0.2) is 13.2 Å². The number of methoxy groups -OCH3 is 1. The van der Waals surface area contributed by atoms with Crippen LogP contribution in [0.2, 0.25) is 0 Å². The maximum Gasteiger partial charge on any atom is 0.348 e. The van der Waals surface area contributed by atoms with E-state index in [9.17, 15) is 18.0 Å². The van der Waals surface area contributed by atoms with Gasteiger partial charge in [0.25, 0.3) is 5.91 Å². The molecule has 0 aliphatic carbocycles. The monoisotopic (exact) mass is 418 g/mol. The van der Waals surface area contributed by atoms with Gasteiger partial charge in [-0.05, 0) is 37.3 Å². The standard InChI is InChI=1S/C20H22N2O6S/c1-4-29(25,26)21(2)15-9-7-8-14(12-15)19(23)22-13-18(20(24)27-3)28-17-11-6-5-10-16(17)22/h5-12,18H,4,13H2,1-3H3/t18-/m0/s1. The fraction of sp³-hybridized carbons (Fsp3) is 0.300. The molecule has 154 valence electrons. The van der Waals surface area contributed by atoms with Crippen molar-refractivity contribution in [1.82, 2.24) is 0 Å². The Morgan fingerprint density at radius 3 is 2.62 bits per heavy atom. The van der Waals surface area contributed by atoms with Gasteiger partial charge in [0.15, 0.2) is 0 Å². The molecule has 0 N–H and O–H groups in total. The Kier molecular flexibility index (Phi) is 5.78. The van der Waals surface area contributed by atoms with Gasteiger partial charge >= 0.3 is 5.97 Å². The Balaban J connectivity index is 1.97. The van der Waals surface area contributed by atoms with Crippen LogP contribution in [0, 0.1) is 0 Å². The Labute approximate surface area is 169 Å². The second kappa shape index (κ2) is 8.12. The lowest BCUT2D eigenvalue weighted by Crippen LogP contribution is -2.47. The molecule has 2 aromatic carbocycles.